The van der Waals surface area contributed by atoms with Crippen LogP contribution in [-0.4, -0.2) is 61.6 Å². The van der Waals surface area contributed by atoms with Crippen molar-refractivity contribution in [3.63, 3.8) is 0 Å². The van der Waals surface area contributed by atoms with Crippen molar-refractivity contribution in [2.45, 2.75) is 39.3 Å². The molecule has 0 spiro atoms. The number of carbonyl (C=O) groups is 1. The molecule has 1 fully saturated rings. The highest BCUT2D eigenvalue weighted by Crippen LogP contribution is 2.24. The summed E-state index contributed by atoms with van der Waals surface area (Å²) >= 11 is 0. The van der Waals surface area contributed by atoms with Crippen LogP contribution in [0.25, 0.3) is 0 Å². The van der Waals surface area contributed by atoms with Crippen LogP contribution in [0.15, 0.2) is 36.4 Å². The second kappa shape index (κ2) is 10.1. The maximum atomic E-state index is 12.9. The molecule has 1 aromatic rings. The van der Waals surface area contributed by atoms with Gasteiger partial charge in [0, 0.05) is 31.7 Å². The van der Waals surface area contributed by atoms with E-state index >= 15 is 0 Å². The van der Waals surface area contributed by atoms with Gasteiger partial charge in [-0.25, -0.2) is 0 Å². The maximum absolute atomic E-state index is 12.9. The first-order valence-electron chi connectivity index (χ1n) is 10.6. The van der Waals surface area contributed by atoms with E-state index in [9.17, 15) is 4.79 Å². The van der Waals surface area contributed by atoms with Crippen molar-refractivity contribution in [2.24, 2.45) is 11.8 Å². The number of nitrogens with one attached hydrogen (secondary N) is 1. The molecule has 0 aromatic heterocycles. The fraction of sp³-hybridized carbons (Fsp3) is 0.609. The van der Waals surface area contributed by atoms with E-state index < -0.39 is 0 Å². The van der Waals surface area contributed by atoms with Gasteiger partial charge in [0.25, 0.3) is 0 Å². The highest BCUT2D eigenvalue weighted by atomic mass is 16.5. The molecule has 1 unspecified atom stereocenters. The zero-order chi connectivity index (χ0) is 19.9. The van der Waals surface area contributed by atoms with E-state index in [1.807, 2.05) is 24.3 Å². The molecule has 0 radical (unpaired) electrons. The van der Waals surface area contributed by atoms with Gasteiger partial charge in [-0.05, 0) is 43.8 Å². The first kappa shape index (κ1) is 20.9. The van der Waals surface area contributed by atoms with Crippen LogP contribution in [0.4, 0.5) is 0 Å². The minimum atomic E-state index is -0.135. The number of piperidine rings is 1. The van der Waals surface area contributed by atoms with Gasteiger partial charge in [0.1, 0.15) is 11.8 Å². The largest absolute Gasteiger partial charge is 0.496 e. The molecule has 2 heterocycles. The molecule has 3 rings (SSSR count). The standard InChI is InChI=1S/C23H35N3O2/c1-18(2)15-26(23(27)21-8-6-12-24-21)16-19-10-13-25(14-11-19)17-20-7-4-5-9-22(20)28-3/h4-9,18-19,21,24H,10-17H2,1-3H3. The van der Waals surface area contributed by atoms with Crippen molar-refractivity contribution in [1.82, 2.24) is 15.1 Å². The van der Waals surface area contributed by atoms with Crippen LogP contribution < -0.4 is 10.1 Å². The summed E-state index contributed by atoms with van der Waals surface area (Å²) in [5, 5.41) is 3.27. The fourth-order valence-electron chi connectivity index (χ4n) is 4.24. The molecule has 2 aliphatic heterocycles. The molecule has 1 atom stereocenters. The van der Waals surface area contributed by atoms with Gasteiger partial charge in [0.05, 0.1) is 7.11 Å². The predicted octanol–water partition coefficient (Wildman–Crippen LogP) is 2.92. The quantitative estimate of drug-likeness (QED) is 0.699. The van der Waals surface area contributed by atoms with Crippen molar-refractivity contribution in [3.05, 3.63) is 42.0 Å². The number of ether oxygens (including phenoxy) is 1. The molecule has 1 amide bonds. The SMILES string of the molecule is COc1ccccc1CN1CCC(CN(CC(C)C)C(=O)C2C=CCN2)CC1. The highest BCUT2D eigenvalue weighted by Gasteiger charge is 2.28. The van der Waals surface area contributed by atoms with Gasteiger partial charge in [-0.1, -0.05) is 44.2 Å². The third-order valence-electron chi connectivity index (χ3n) is 5.72. The summed E-state index contributed by atoms with van der Waals surface area (Å²) < 4.78 is 5.49. The number of para-hydroxylation sites is 1. The fourth-order valence-corrected chi connectivity index (χ4v) is 4.24. The number of hydrogen-bond acceptors (Lipinski definition) is 4. The number of nitrogens with zero attached hydrogens (tertiary/aromatic N) is 2. The second-order valence-corrected chi connectivity index (χ2v) is 8.48. The first-order valence-corrected chi connectivity index (χ1v) is 10.6. The average molecular weight is 386 g/mol. The maximum Gasteiger partial charge on any atom is 0.243 e. The van der Waals surface area contributed by atoms with Gasteiger partial charge < -0.3 is 9.64 Å². The molecule has 1 aromatic carbocycles. The number of rotatable bonds is 8. The molecule has 0 saturated carbocycles. The topological polar surface area (TPSA) is 44.8 Å². The summed E-state index contributed by atoms with van der Waals surface area (Å²) in [6.07, 6.45) is 6.34. The van der Waals surface area contributed by atoms with Crippen LogP contribution in [0, 0.1) is 11.8 Å². The van der Waals surface area contributed by atoms with Gasteiger partial charge in [-0.3, -0.25) is 15.0 Å². The van der Waals surface area contributed by atoms with E-state index in [1.165, 1.54) is 5.56 Å². The van der Waals surface area contributed by atoms with Gasteiger partial charge in [0.15, 0.2) is 0 Å². The summed E-state index contributed by atoms with van der Waals surface area (Å²) in [6.45, 7) is 9.98. The molecule has 1 N–H and O–H groups in total. The Hall–Kier alpha value is -1.85. The zero-order valence-corrected chi connectivity index (χ0v) is 17.6. The lowest BCUT2D eigenvalue weighted by Crippen LogP contribution is -2.48. The third-order valence-corrected chi connectivity index (χ3v) is 5.72. The van der Waals surface area contributed by atoms with Crippen molar-refractivity contribution < 1.29 is 9.53 Å². The zero-order valence-electron chi connectivity index (χ0n) is 17.6. The van der Waals surface area contributed by atoms with Crippen LogP contribution >= 0.6 is 0 Å². The van der Waals surface area contributed by atoms with Crippen LogP contribution in [0.5, 0.6) is 5.75 Å². The number of carbonyl (C=O) groups excluding carboxylic acids is 1. The summed E-state index contributed by atoms with van der Waals surface area (Å²) in [5.74, 6) is 2.27. The van der Waals surface area contributed by atoms with Crippen molar-refractivity contribution in [1.29, 1.82) is 0 Å². The van der Waals surface area contributed by atoms with E-state index in [-0.39, 0.29) is 11.9 Å². The Bertz CT molecular complexity index is 666. The number of likely N-dealkylation sites (tertiary alicyclic amines) is 1. The van der Waals surface area contributed by atoms with Gasteiger partial charge >= 0.3 is 0 Å². The van der Waals surface area contributed by atoms with Gasteiger partial charge in [-0.2, -0.15) is 0 Å². The van der Waals surface area contributed by atoms with Crippen LogP contribution in [0.1, 0.15) is 32.3 Å². The third kappa shape index (κ3) is 5.58. The van der Waals surface area contributed by atoms with E-state index in [2.05, 4.69) is 41.1 Å². The van der Waals surface area contributed by atoms with E-state index in [0.717, 1.165) is 57.9 Å². The highest BCUT2D eigenvalue weighted by molar-refractivity contribution is 5.84. The molecule has 0 aliphatic carbocycles. The Morgan fingerprint density at radius 1 is 1.29 bits per heavy atom. The molecule has 2 aliphatic rings. The Labute approximate surface area is 169 Å². The summed E-state index contributed by atoms with van der Waals surface area (Å²) in [7, 11) is 1.74. The lowest BCUT2D eigenvalue weighted by Gasteiger charge is -2.36. The molecule has 1 saturated heterocycles. The van der Waals surface area contributed by atoms with E-state index in [4.69, 9.17) is 4.74 Å². The molecule has 28 heavy (non-hydrogen) atoms. The van der Waals surface area contributed by atoms with Crippen LogP contribution in [0.2, 0.25) is 0 Å². The smallest absolute Gasteiger partial charge is 0.243 e. The number of hydrogen-bond donors (Lipinski definition) is 1. The van der Waals surface area contributed by atoms with Crippen molar-refractivity contribution in [3.8, 4) is 5.75 Å². The molecule has 5 nitrogen and oxygen atoms in total. The molecular weight excluding hydrogens is 350 g/mol. The summed E-state index contributed by atoms with van der Waals surface area (Å²) in [4.78, 5) is 17.5. The molecule has 154 valence electrons. The number of methoxy groups -OCH3 is 1. The van der Waals surface area contributed by atoms with E-state index in [1.54, 1.807) is 7.11 Å². The van der Waals surface area contributed by atoms with Crippen molar-refractivity contribution in [2.75, 3.05) is 39.8 Å². The number of benzene rings is 1. The minimum Gasteiger partial charge on any atom is -0.496 e. The monoisotopic (exact) mass is 385 g/mol. The molecule has 0 bridgehead atoms. The van der Waals surface area contributed by atoms with Crippen LogP contribution in [0.3, 0.4) is 0 Å². The van der Waals surface area contributed by atoms with Gasteiger partial charge in [-0.15, -0.1) is 0 Å². The Kier molecular flexibility index (Phi) is 7.51. The lowest BCUT2D eigenvalue weighted by molar-refractivity contribution is -0.133. The summed E-state index contributed by atoms with van der Waals surface area (Å²) in [5.41, 5.74) is 1.25. The predicted molar refractivity (Wildman–Crippen MR) is 113 cm³/mol. The first-order chi connectivity index (χ1) is 13.6. The second-order valence-electron chi connectivity index (χ2n) is 8.48. The average Bonchev–Trinajstić information content (AvgIpc) is 3.23. The Morgan fingerprint density at radius 3 is 2.68 bits per heavy atom. The normalized spacial score (nSPS) is 20.6. The molecular formula is C23H35N3O2. The van der Waals surface area contributed by atoms with Gasteiger partial charge in [0.2, 0.25) is 5.91 Å². The number of amides is 1. The minimum absolute atomic E-state index is 0.135. The Balaban J connectivity index is 1.52. The van der Waals surface area contributed by atoms with Crippen molar-refractivity contribution >= 4 is 5.91 Å². The van der Waals surface area contributed by atoms with Crippen LogP contribution in [-0.2, 0) is 11.3 Å². The Morgan fingerprint density at radius 2 is 2.04 bits per heavy atom. The molecule has 5 heteroatoms. The van der Waals surface area contributed by atoms with E-state index in [0.29, 0.717) is 11.8 Å². The lowest BCUT2D eigenvalue weighted by atomic mass is 9.95. The summed E-state index contributed by atoms with van der Waals surface area (Å²) in [6, 6.07) is 8.14.